The van der Waals surface area contributed by atoms with Gasteiger partial charge in [0.2, 0.25) is 6.41 Å². The second-order valence-corrected chi connectivity index (χ2v) is 12.5. The van der Waals surface area contributed by atoms with Gasteiger partial charge in [-0.1, -0.05) is 61.9 Å². The Kier molecular flexibility index (Phi) is 12.3. The third-order valence-corrected chi connectivity index (χ3v) is 8.24. The lowest BCUT2D eigenvalue weighted by atomic mass is 9.89. The van der Waals surface area contributed by atoms with Crippen LogP contribution in [-0.2, 0) is 20.7 Å². The molecule has 0 spiro atoms. The molecule has 10 nitrogen and oxygen atoms in total. The second-order valence-electron chi connectivity index (χ2n) is 12.5. The van der Waals surface area contributed by atoms with E-state index in [-0.39, 0.29) is 30.5 Å². The molecule has 6 N–H and O–H groups in total. The molecule has 1 saturated carbocycles. The topological polar surface area (TPSA) is 151 Å². The Labute approximate surface area is 272 Å². The molecule has 10 heteroatoms. The van der Waals surface area contributed by atoms with Crippen molar-refractivity contribution in [3.63, 3.8) is 0 Å². The van der Waals surface area contributed by atoms with E-state index in [4.69, 9.17) is 20.3 Å². The number of carbonyl (C=O) groups is 1. The Bertz CT molecular complexity index is 1420. The van der Waals surface area contributed by atoms with Crippen molar-refractivity contribution < 1.29 is 24.5 Å². The summed E-state index contributed by atoms with van der Waals surface area (Å²) in [4.78, 5) is 16.1. The monoisotopic (exact) mass is 631 g/mol. The Hall–Kier alpha value is -3.83. The fourth-order valence-corrected chi connectivity index (χ4v) is 6.04. The molecule has 1 atom stereocenters. The van der Waals surface area contributed by atoms with Crippen molar-refractivity contribution >= 4 is 18.0 Å². The first-order valence-electron chi connectivity index (χ1n) is 16.2. The smallest absolute Gasteiger partial charge is 0.257 e. The van der Waals surface area contributed by atoms with E-state index in [9.17, 15) is 15.0 Å². The molecule has 1 heterocycles. The van der Waals surface area contributed by atoms with Crippen LogP contribution in [0.3, 0.4) is 0 Å². The highest BCUT2D eigenvalue weighted by molar-refractivity contribution is 6.02. The van der Waals surface area contributed by atoms with Crippen LogP contribution >= 0.6 is 0 Å². The highest BCUT2D eigenvalue weighted by atomic mass is 16.6. The summed E-state index contributed by atoms with van der Waals surface area (Å²) in [6.45, 7) is 7.93. The average Bonchev–Trinajstić information content (AvgIpc) is 3.03. The van der Waals surface area contributed by atoms with Crippen molar-refractivity contribution in [3.8, 4) is 11.1 Å². The Morgan fingerprint density at radius 2 is 1.83 bits per heavy atom. The molecule has 1 fully saturated rings. The number of benzene rings is 2. The highest BCUT2D eigenvalue weighted by Crippen LogP contribution is 2.33. The number of allylic oxidation sites excluding steroid dienone is 2. The van der Waals surface area contributed by atoms with Crippen molar-refractivity contribution in [2.45, 2.75) is 96.8 Å². The van der Waals surface area contributed by atoms with Gasteiger partial charge in [-0.2, -0.15) is 0 Å². The number of aliphatic hydroxyl groups is 2. The Balaban J connectivity index is 1.54. The quantitative estimate of drug-likeness (QED) is 0.0953. The van der Waals surface area contributed by atoms with Crippen molar-refractivity contribution in [1.29, 1.82) is 10.8 Å². The summed E-state index contributed by atoms with van der Waals surface area (Å²) in [5, 5.41) is 42.5. The maximum absolute atomic E-state index is 14.3. The normalized spacial score (nSPS) is 20.4. The minimum Gasteiger partial charge on any atom is -0.388 e. The summed E-state index contributed by atoms with van der Waals surface area (Å²) in [6, 6.07) is 15.5. The predicted octanol–water partition coefficient (Wildman–Crippen LogP) is 5.20. The summed E-state index contributed by atoms with van der Waals surface area (Å²) in [7, 11) is 0. The van der Waals surface area contributed by atoms with Crippen LogP contribution in [0.15, 0.2) is 71.7 Å². The zero-order valence-corrected chi connectivity index (χ0v) is 27.4. The van der Waals surface area contributed by atoms with E-state index in [1.807, 2.05) is 53.4 Å². The summed E-state index contributed by atoms with van der Waals surface area (Å²) < 4.78 is 11.1. The summed E-state index contributed by atoms with van der Waals surface area (Å²) >= 11 is 0. The van der Waals surface area contributed by atoms with E-state index < -0.39 is 12.0 Å². The van der Waals surface area contributed by atoms with Crippen molar-refractivity contribution in [3.05, 3.63) is 82.8 Å². The van der Waals surface area contributed by atoms with Crippen LogP contribution in [0.1, 0.15) is 77.3 Å². The zero-order chi connectivity index (χ0) is 33.3. The maximum Gasteiger partial charge on any atom is 0.257 e. The Morgan fingerprint density at radius 1 is 1.13 bits per heavy atom. The Morgan fingerprint density at radius 3 is 2.46 bits per heavy atom. The van der Waals surface area contributed by atoms with E-state index in [1.54, 1.807) is 26.8 Å². The van der Waals surface area contributed by atoms with Crippen LogP contribution in [0, 0.1) is 10.8 Å². The first kappa shape index (κ1) is 35.0. The number of rotatable bonds is 14. The lowest BCUT2D eigenvalue weighted by Crippen LogP contribution is -2.50. The molecular formula is C36H49N5O5. The van der Waals surface area contributed by atoms with Gasteiger partial charge < -0.3 is 35.7 Å². The number of aliphatic hydroxyl groups excluding tert-OH is 1. The lowest BCUT2D eigenvalue weighted by Gasteiger charge is -2.42. The fourth-order valence-electron chi connectivity index (χ4n) is 6.04. The molecule has 2 aliphatic rings. The largest absolute Gasteiger partial charge is 0.388 e. The molecule has 2 aromatic rings. The minimum atomic E-state index is -1.27. The number of hydrogen-bond acceptors (Lipinski definition) is 8. The summed E-state index contributed by atoms with van der Waals surface area (Å²) in [6.07, 6.45) is 6.85. The third kappa shape index (κ3) is 9.13. The van der Waals surface area contributed by atoms with E-state index in [0.717, 1.165) is 66.5 Å². The maximum atomic E-state index is 14.3. The van der Waals surface area contributed by atoms with Gasteiger partial charge in [-0.25, -0.2) is 0 Å². The number of carbonyl (C=O) groups excluding carboxylic acids is 1. The van der Waals surface area contributed by atoms with E-state index in [2.05, 4.69) is 17.6 Å². The molecule has 248 valence electrons. The van der Waals surface area contributed by atoms with Crippen molar-refractivity contribution in [1.82, 2.24) is 15.5 Å². The van der Waals surface area contributed by atoms with Crippen LogP contribution in [0.4, 0.5) is 0 Å². The number of nitrogens with zero attached hydrogens (tertiary/aromatic N) is 1. The molecule has 1 amide bonds. The second kappa shape index (κ2) is 16.1. The lowest BCUT2D eigenvalue weighted by molar-refractivity contribution is -0.130. The minimum absolute atomic E-state index is 0.0181. The molecule has 1 aliphatic heterocycles. The predicted molar refractivity (Wildman–Crippen MR) is 180 cm³/mol. The molecule has 0 aromatic heterocycles. The van der Waals surface area contributed by atoms with Crippen LogP contribution in [0.2, 0.25) is 0 Å². The van der Waals surface area contributed by atoms with E-state index >= 15 is 0 Å². The van der Waals surface area contributed by atoms with Gasteiger partial charge in [0, 0.05) is 42.1 Å². The number of amidine groups is 1. The number of amides is 1. The van der Waals surface area contributed by atoms with Gasteiger partial charge >= 0.3 is 0 Å². The zero-order valence-electron chi connectivity index (χ0n) is 27.4. The summed E-state index contributed by atoms with van der Waals surface area (Å²) in [5.74, 6) is 0.670. The van der Waals surface area contributed by atoms with Crippen LogP contribution in [0.25, 0.3) is 11.1 Å². The first-order valence-corrected chi connectivity index (χ1v) is 16.2. The standard InChI is InChI=1S/C36H49N5O5/c1-5-9-31-30(34(42)41(32(39-31)20-21-37)26-16-18-27(19-17-26)46-23-36(3,4)44)22-24-12-14-25(15-13-24)28-10-7-8-11-29(28)33(38)40-35(43)45-6-2/h7-8,10-15,20-21,26-27,35,37,39,43-44H,5-6,9,16-19,22-23H2,1-4H3,(H2,38,40)/b32-20+,37-21?/t26-,27-,35?. The molecule has 0 radical (unpaired) electrons. The summed E-state index contributed by atoms with van der Waals surface area (Å²) in [5.41, 5.74) is 4.11. The highest BCUT2D eigenvalue weighted by Gasteiger charge is 2.37. The van der Waals surface area contributed by atoms with Gasteiger partial charge in [0.15, 0.2) is 0 Å². The molecule has 0 bridgehead atoms. The van der Waals surface area contributed by atoms with Gasteiger partial charge in [-0.05, 0) is 75.6 Å². The molecule has 1 unspecified atom stereocenters. The average molecular weight is 632 g/mol. The SMILES string of the molecule is CCCC1=C(Cc2ccc(-c3ccccc3C(=N)NC(O)OCC)cc2)C(=O)N([C@H]2CC[C@H](OCC(C)(C)O)CC2)/C(=C/C=N)N1. The van der Waals surface area contributed by atoms with Crippen molar-refractivity contribution in [2.24, 2.45) is 0 Å². The number of nitrogens with one attached hydrogen (secondary N) is 4. The molecule has 4 rings (SSSR count). The molecule has 1 aliphatic carbocycles. The number of hydrogen-bond donors (Lipinski definition) is 6. The molecular weight excluding hydrogens is 582 g/mol. The van der Waals surface area contributed by atoms with Crippen LogP contribution in [0.5, 0.6) is 0 Å². The van der Waals surface area contributed by atoms with Gasteiger partial charge in [0.05, 0.1) is 18.3 Å². The van der Waals surface area contributed by atoms with Crippen LogP contribution in [-0.4, -0.2) is 70.4 Å². The van der Waals surface area contributed by atoms with Gasteiger partial charge in [0.1, 0.15) is 11.7 Å². The third-order valence-electron chi connectivity index (χ3n) is 8.24. The molecule has 0 saturated heterocycles. The van der Waals surface area contributed by atoms with Crippen molar-refractivity contribution in [2.75, 3.05) is 13.2 Å². The first-order chi connectivity index (χ1) is 22.0. The van der Waals surface area contributed by atoms with Crippen LogP contribution < -0.4 is 10.6 Å². The van der Waals surface area contributed by atoms with Gasteiger partial charge in [0.25, 0.3) is 5.91 Å². The van der Waals surface area contributed by atoms with E-state index in [0.29, 0.717) is 24.4 Å². The van der Waals surface area contributed by atoms with Gasteiger partial charge in [-0.3, -0.25) is 15.1 Å². The molecule has 2 aromatic carbocycles. The van der Waals surface area contributed by atoms with Gasteiger partial charge in [-0.15, -0.1) is 0 Å². The number of ether oxygens (including phenoxy) is 2. The molecule has 46 heavy (non-hydrogen) atoms. The fraction of sp³-hybridized carbons (Fsp3) is 0.472. The van der Waals surface area contributed by atoms with E-state index in [1.165, 1.54) is 6.21 Å².